The summed E-state index contributed by atoms with van der Waals surface area (Å²) < 4.78 is 0. The van der Waals surface area contributed by atoms with E-state index in [0.29, 0.717) is 16.7 Å². The average molecular weight is 379 g/mol. The monoisotopic (exact) mass is 378 g/mol. The first-order valence-corrected chi connectivity index (χ1v) is 11.4. The standard InChI is InChI=1S/C25H34N2O/c1-21-12-18-13-23(20(28)27-10-8-22(2,26)9-11-27)16-24(15-21,25(21,14-18)17-23)19-6-4-3-5-7-19/h3-7,18H,8-17,26H2,1-2H3/t18?,21-,23?,24+,25?/m1/s1. The van der Waals surface area contributed by atoms with Gasteiger partial charge in [-0.15, -0.1) is 0 Å². The molecule has 150 valence electrons. The van der Waals surface area contributed by atoms with Gasteiger partial charge in [-0.25, -0.2) is 0 Å². The summed E-state index contributed by atoms with van der Waals surface area (Å²) in [7, 11) is 0. The van der Waals surface area contributed by atoms with Crippen LogP contribution in [-0.4, -0.2) is 29.4 Å². The first kappa shape index (κ1) is 17.5. The fraction of sp³-hybridized carbons (Fsp3) is 0.720. The number of carbonyl (C=O) groups excluding carboxylic acids is 1. The molecule has 3 bridgehead atoms. The highest BCUT2D eigenvalue weighted by Crippen LogP contribution is 2.88. The first-order valence-electron chi connectivity index (χ1n) is 11.4. The number of carbonyl (C=O) groups is 1. The highest BCUT2D eigenvalue weighted by atomic mass is 16.2. The quantitative estimate of drug-likeness (QED) is 0.836. The molecule has 4 aliphatic carbocycles. The Hall–Kier alpha value is -1.35. The van der Waals surface area contributed by atoms with Crippen LogP contribution in [0.15, 0.2) is 30.3 Å². The van der Waals surface area contributed by atoms with Crippen molar-refractivity contribution in [3.63, 3.8) is 0 Å². The van der Waals surface area contributed by atoms with Gasteiger partial charge in [-0.1, -0.05) is 37.3 Å². The van der Waals surface area contributed by atoms with Crippen LogP contribution in [-0.2, 0) is 10.2 Å². The molecule has 5 fully saturated rings. The Labute approximate surface area is 169 Å². The summed E-state index contributed by atoms with van der Waals surface area (Å²) in [6.45, 7) is 6.38. The van der Waals surface area contributed by atoms with E-state index in [1.807, 2.05) is 0 Å². The van der Waals surface area contributed by atoms with Crippen molar-refractivity contribution in [2.45, 2.75) is 76.2 Å². The maximum Gasteiger partial charge on any atom is 0.228 e. The summed E-state index contributed by atoms with van der Waals surface area (Å²) in [5.74, 6) is 1.22. The van der Waals surface area contributed by atoms with E-state index in [-0.39, 0.29) is 16.4 Å². The zero-order valence-electron chi connectivity index (χ0n) is 17.5. The number of fused-ring (bicyclic) bond motifs is 2. The normalized spacial score (nSPS) is 47.7. The van der Waals surface area contributed by atoms with E-state index >= 15 is 0 Å². The molecular weight excluding hydrogens is 344 g/mol. The Morgan fingerprint density at radius 1 is 1.00 bits per heavy atom. The van der Waals surface area contributed by atoms with Crippen molar-refractivity contribution >= 4 is 5.91 Å². The number of nitrogens with two attached hydrogens (primary N) is 1. The van der Waals surface area contributed by atoms with Crippen LogP contribution in [0.4, 0.5) is 0 Å². The molecule has 1 saturated heterocycles. The van der Waals surface area contributed by atoms with Crippen LogP contribution in [0.5, 0.6) is 0 Å². The third kappa shape index (κ3) is 1.88. The number of piperidine rings is 1. The van der Waals surface area contributed by atoms with Gasteiger partial charge in [0.05, 0.1) is 5.41 Å². The van der Waals surface area contributed by atoms with Gasteiger partial charge in [0.15, 0.2) is 0 Å². The highest BCUT2D eigenvalue weighted by Gasteiger charge is 2.83. The van der Waals surface area contributed by atoms with Gasteiger partial charge in [0.2, 0.25) is 5.91 Å². The Bertz CT molecular complexity index is 839. The van der Waals surface area contributed by atoms with Gasteiger partial charge in [-0.05, 0) is 80.6 Å². The molecule has 3 unspecified atom stereocenters. The van der Waals surface area contributed by atoms with E-state index in [9.17, 15) is 4.79 Å². The molecule has 2 N–H and O–H groups in total. The maximum absolute atomic E-state index is 14.0. The van der Waals surface area contributed by atoms with Gasteiger partial charge >= 0.3 is 0 Å². The molecule has 3 heteroatoms. The molecule has 6 rings (SSSR count). The van der Waals surface area contributed by atoms with E-state index in [4.69, 9.17) is 5.73 Å². The number of hydrogen-bond acceptors (Lipinski definition) is 2. The lowest BCUT2D eigenvalue weighted by Gasteiger charge is -2.66. The third-order valence-corrected chi connectivity index (χ3v) is 10.1. The Morgan fingerprint density at radius 3 is 2.43 bits per heavy atom. The minimum absolute atomic E-state index is 0.0999. The molecule has 1 aliphatic heterocycles. The number of nitrogens with zero attached hydrogens (tertiary/aromatic N) is 1. The molecule has 1 spiro atoms. The SMILES string of the molecule is CC1(N)CCN(C(=O)C23CC4CC5(C2)[C@](C)(C4)C[C@@]5(c2ccccc2)C3)CC1. The molecule has 1 aromatic carbocycles. The maximum atomic E-state index is 14.0. The topological polar surface area (TPSA) is 46.3 Å². The van der Waals surface area contributed by atoms with Crippen molar-refractivity contribution in [2.24, 2.45) is 27.9 Å². The Morgan fingerprint density at radius 2 is 1.71 bits per heavy atom. The fourth-order valence-corrected chi connectivity index (χ4v) is 9.16. The summed E-state index contributed by atoms with van der Waals surface area (Å²) >= 11 is 0. The van der Waals surface area contributed by atoms with Crippen molar-refractivity contribution in [2.75, 3.05) is 13.1 Å². The summed E-state index contributed by atoms with van der Waals surface area (Å²) in [4.78, 5) is 16.2. The average Bonchev–Trinajstić information content (AvgIpc) is 2.95. The second-order valence-electron chi connectivity index (χ2n) is 11.8. The second kappa shape index (κ2) is 5.03. The van der Waals surface area contributed by atoms with Crippen LogP contribution >= 0.6 is 0 Å². The summed E-state index contributed by atoms with van der Waals surface area (Å²) in [6, 6.07) is 11.2. The van der Waals surface area contributed by atoms with Crippen molar-refractivity contribution in [1.82, 2.24) is 4.90 Å². The van der Waals surface area contributed by atoms with Crippen LogP contribution < -0.4 is 5.73 Å². The van der Waals surface area contributed by atoms with Crippen molar-refractivity contribution in [3.8, 4) is 0 Å². The predicted octanol–water partition coefficient (Wildman–Crippen LogP) is 4.25. The molecule has 1 heterocycles. The summed E-state index contributed by atoms with van der Waals surface area (Å²) in [5, 5.41) is 0. The molecule has 28 heavy (non-hydrogen) atoms. The third-order valence-electron chi connectivity index (χ3n) is 10.1. The predicted molar refractivity (Wildman–Crippen MR) is 111 cm³/mol. The van der Waals surface area contributed by atoms with Crippen molar-refractivity contribution < 1.29 is 4.79 Å². The number of likely N-dealkylation sites (tertiary alicyclic amines) is 1. The minimum Gasteiger partial charge on any atom is -0.342 e. The molecule has 0 radical (unpaired) electrons. The minimum atomic E-state index is -0.116. The number of benzene rings is 1. The zero-order valence-corrected chi connectivity index (χ0v) is 17.5. The van der Waals surface area contributed by atoms with E-state index in [2.05, 4.69) is 49.1 Å². The van der Waals surface area contributed by atoms with Crippen LogP contribution in [0.1, 0.15) is 70.8 Å². The Kier molecular flexibility index (Phi) is 3.15. The lowest BCUT2D eigenvalue weighted by Crippen LogP contribution is -2.61. The molecule has 5 atom stereocenters. The summed E-state index contributed by atoms with van der Waals surface area (Å²) in [5.41, 5.74) is 8.69. The second-order valence-corrected chi connectivity index (χ2v) is 11.8. The lowest BCUT2D eigenvalue weighted by molar-refractivity contribution is -0.146. The van der Waals surface area contributed by atoms with Crippen molar-refractivity contribution in [1.29, 1.82) is 0 Å². The lowest BCUT2D eigenvalue weighted by atomic mass is 9.38. The number of rotatable bonds is 2. The summed E-state index contributed by atoms with van der Waals surface area (Å²) in [6.07, 6.45) is 9.22. The van der Waals surface area contributed by atoms with Crippen LogP contribution in [0, 0.1) is 22.2 Å². The van der Waals surface area contributed by atoms with Gasteiger partial charge in [0.1, 0.15) is 0 Å². The molecule has 3 nitrogen and oxygen atoms in total. The molecule has 1 aromatic rings. The van der Waals surface area contributed by atoms with Gasteiger partial charge in [0, 0.05) is 24.0 Å². The fourth-order valence-electron chi connectivity index (χ4n) is 9.16. The van der Waals surface area contributed by atoms with Crippen LogP contribution in [0.3, 0.4) is 0 Å². The largest absolute Gasteiger partial charge is 0.342 e. The van der Waals surface area contributed by atoms with Gasteiger partial charge in [0.25, 0.3) is 0 Å². The smallest absolute Gasteiger partial charge is 0.228 e. The molecule has 1 amide bonds. The highest BCUT2D eigenvalue weighted by molar-refractivity contribution is 5.85. The Balaban J connectivity index is 1.39. The molecule has 0 aromatic heterocycles. The zero-order chi connectivity index (χ0) is 19.4. The van der Waals surface area contributed by atoms with Crippen molar-refractivity contribution in [3.05, 3.63) is 35.9 Å². The molecule has 4 saturated carbocycles. The van der Waals surface area contributed by atoms with Gasteiger partial charge in [-0.2, -0.15) is 0 Å². The van der Waals surface area contributed by atoms with E-state index < -0.39 is 0 Å². The van der Waals surface area contributed by atoms with E-state index in [0.717, 1.165) is 51.1 Å². The first-order chi connectivity index (χ1) is 13.2. The van der Waals surface area contributed by atoms with E-state index in [1.165, 1.54) is 24.8 Å². The molecular formula is C25H34N2O. The van der Waals surface area contributed by atoms with Gasteiger partial charge in [-0.3, -0.25) is 4.79 Å². The number of hydrogen-bond donors (Lipinski definition) is 1. The van der Waals surface area contributed by atoms with Crippen LogP contribution in [0.2, 0.25) is 0 Å². The van der Waals surface area contributed by atoms with Gasteiger partial charge < -0.3 is 10.6 Å². The van der Waals surface area contributed by atoms with Crippen LogP contribution in [0.25, 0.3) is 0 Å². The number of amides is 1. The van der Waals surface area contributed by atoms with E-state index in [1.54, 1.807) is 0 Å². The molecule has 5 aliphatic rings.